The Morgan fingerprint density at radius 1 is 1.08 bits per heavy atom. The predicted molar refractivity (Wildman–Crippen MR) is 102 cm³/mol. The van der Waals surface area contributed by atoms with Crippen LogP contribution in [0.3, 0.4) is 0 Å². The summed E-state index contributed by atoms with van der Waals surface area (Å²) in [6.07, 6.45) is 2.54. The number of aryl methyl sites for hydroxylation is 2. The number of benzene rings is 2. The van der Waals surface area contributed by atoms with Gasteiger partial charge in [-0.15, -0.1) is 0 Å². The summed E-state index contributed by atoms with van der Waals surface area (Å²) in [6.45, 7) is 4.48. The zero-order chi connectivity index (χ0) is 19.1. The molecule has 6 heteroatoms. The fraction of sp³-hybridized carbons (Fsp3) is 0.250. The molecule has 0 unspecified atom stereocenters. The third-order valence-corrected chi connectivity index (χ3v) is 4.24. The van der Waals surface area contributed by atoms with E-state index in [1.165, 1.54) is 6.08 Å². The average molecular weight is 377 g/mol. The third-order valence-electron chi connectivity index (χ3n) is 3.65. The molecule has 2 rings (SSSR count). The number of rotatable bonds is 8. The van der Waals surface area contributed by atoms with Gasteiger partial charge in [-0.05, 0) is 55.3 Å². The van der Waals surface area contributed by atoms with E-state index in [1.807, 2.05) is 26.0 Å². The summed E-state index contributed by atoms with van der Waals surface area (Å²) in [5.74, 6) is 0.847. The Morgan fingerprint density at radius 3 is 2.35 bits per heavy atom. The minimum Gasteiger partial charge on any atom is -0.497 e. The number of aliphatic carboxylic acids is 1. The van der Waals surface area contributed by atoms with E-state index >= 15 is 0 Å². The van der Waals surface area contributed by atoms with Gasteiger partial charge < -0.3 is 19.3 Å². The van der Waals surface area contributed by atoms with Crippen LogP contribution < -0.4 is 14.2 Å². The Bertz CT molecular complexity index is 791. The van der Waals surface area contributed by atoms with Gasteiger partial charge in [0.2, 0.25) is 0 Å². The van der Waals surface area contributed by atoms with Crippen LogP contribution in [0.1, 0.15) is 16.7 Å². The van der Waals surface area contributed by atoms with E-state index in [0.29, 0.717) is 30.3 Å². The molecule has 0 aromatic heterocycles. The van der Waals surface area contributed by atoms with Crippen LogP contribution in [-0.4, -0.2) is 31.4 Å². The van der Waals surface area contributed by atoms with E-state index in [2.05, 4.69) is 0 Å². The smallest absolute Gasteiger partial charge is 0.328 e. The van der Waals surface area contributed by atoms with Crippen LogP contribution in [0.25, 0.3) is 6.08 Å². The van der Waals surface area contributed by atoms with Gasteiger partial charge >= 0.3 is 5.97 Å². The van der Waals surface area contributed by atoms with Crippen LogP contribution in [0, 0.1) is 13.8 Å². The normalized spacial score (nSPS) is 10.8. The van der Waals surface area contributed by atoms with Crippen molar-refractivity contribution in [1.29, 1.82) is 0 Å². The van der Waals surface area contributed by atoms with Crippen molar-refractivity contribution in [2.45, 2.75) is 13.8 Å². The molecule has 0 amide bonds. The molecular formula is C20H21ClO5. The van der Waals surface area contributed by atoms with E-state index in [9.17, 15) is 4.79 Å². The molecule has 0 saturated carbocycles. The molecule has 0 spiro atoms. The highest BCUT2D eigenvalue weighted by molar-refractivity contribution is 6.32. The number of halogens is 1. The van der Waals surface area contributed by atoms with Crippen molar-refractivity contribution < 1.29 is 24.1 Å². The van der Waals surface area contributed by atoms with Crippen molar-refractivity contribution in [2.24, 2.45) is 0 Å². The lowest BCUT2D eigenvalue weighted by Crippen LogP contribution is -2.10. The Labute approximate surface area is 157 Å². The molecule has 0 aliphatic rings. The molecule has 0 saturated heterocycles. The van der Waals surface area contributed by atoms with E-state index in [4.69, 9.17) is 30.9 Å². The zero-order valence-electron chi connectivity index (χ0n) is 14.9. The molecule has 0 fully saturated rings. The second-order valence-corrected chi connectivity index (χ2v) is 6.02. The lowest BCUT2D eigenvalue weighted by Gasteiger charge is -2.13. The van der Waals surface area contributed by atoms with Crippen LogP contribution in [0.2, 0.25) is 5.02 Å². The van der Waals surface area contributed by atoms with E-state index < -0.39 is 5.97 Å². The molecule has 2 aromatic carbocycles. The van der Waals surface area contributed by atoms with Gasteiger partial charge in [0.25, 0.3) is 0 Å². The van der Waals surface area contributed by atoms with Gasteiger partial charge in [0.05, 0.1) is 7.11 Å². The lowest BCUT2D eigenvalue weighted by atomic mass is 10.1. The summed E-state index contributed by atoms with van der Waals surface area (Å²) in [5.41, 5.74) is 2.55. The summed E-state index contributed by atoms with van der Waals surface area (Å²) in [4.78, 5) is 10.7. The van der Waals surface area contributed by atoms with Crippen LogP contribution in [-0.2, 0) is 4.79 Å². The second kappa shape index (κ2) is 9.15. The molecule has 1 N–H and O–H groups in total. The largest absolute Gasteiger partial charge is 0.497 e. The molecule has 0 aliphatic heterocycles. The maximum atomic E-state index is 10.7. The van der Waals surface area contributed by atoms with Gasteiger partial charge in [0.15, 0.2) is 0 Å². The Morgan fingerprint density at radius 2 is 1.73 bits per heavy atom. The fourth-order valence-corrected chi connectivity index (χ4v) is 2.48. The van der Waals surface area contributed by atoms with Crippen LogP contribution in [0.4, 0.5) is 0 Å². The van der Waals surface area contributed by atoms with Gasteiger partial charge in [-0.25, -0.2) is 4.79 Å². The van der Waals surface area contributed by atoms with E-state index in [0.717, 1.165) is 28.0 Å². The van der Waals surface area contributed by atoms with Crippen LogP contribution in [0.5, 0.6) is 17.2 Å². The molecule has 5 nitrogen and oxygen atoms in total. The number of methoxy groups -OCH3 is 1. The monoisotopic (exact) mass is 376 g/mol. The quantitative estimate of drug-likeness (QED) is 0.542. The number of carbonyl (C=O) groups is 1. The Balaban J connectivity index is 2.01. The molecular weight excluding hydrogens is 356 g/mol. The molecule has 0 radical (unpaired) electrons. The van der Waals surface area contributed by atoms with Crippen LogP contribution in [0.15, 0.2) is 36.4 Å². The Hall–Kier alpha value is -2.66. The fourth-order valence-electron chi connectivity index (χ4n) is 2.37. The highest BCUT2D eigenvalue weighted by Gasteiger charge is 2.06. The van der Waals surface area contributed by atoms with Gasteiger partial charge in [-0.3, -0.25) is 0 Å². The number of carboxylic acids is 1. The first kappa shape index (κ1) is 19.7. The minimum atomic E-state index is -1.02. The van der Waals surface area contributed by atoms with Gasteiger partial charge in [0, 0.05) is 22.7 Å². The summed E-state index contributed by atoms with van der Waals surface area (Å²) < 4.78 is 16.6. The van der Waals surface area contributed by atoms with Crippen LogP contribution >= 0.6 is 11.6 Å². The lowest BCUT2D eigenvalue weighted by molar-refractivity contribution is -0.131. The molecule has 0 heterocycles. The summed E-state index contributed by atoms with van der Waals surface area (Å²) in [6, 6.07) is 8.94. The summed E-state index contributed by atoms with van der Waals surface area (Å²) in [5, 5.41) is 9.53. The molecule has 0 bridgehead atoms. The first-order valence-corrected chi connectivity index (χ1v) is 8.40. The highest BCUT2D eigenvalue weighted by Crippen LogP contribution is 2.27. The topological polar surface area (TPSA) is 65.0 Å². The maximum absolute atomic E-state index is 10.7. The summed E-state index contributed by atoms with van der Waals surface area (Å²) >= 11 is 6.15. The third kappa shape index (κ3) is 5.43. The van der Waals surface area contributed by atoms with Crippen molar-refractivity contribution in [1.82, 2.24) is 0 Å². The van der Waals surface area contributed by atoms with Gasteiger partial charge in [-0.1, -0.05) is 11.6 Å². The average Bonchev–Trinajstić information content (AvgIpc) is 2.61. The number of hydrogen-bond donors (Lipinski definition) is 1. The molecule has 26 heavy (non-hydrogen) atoms. The zero-order valence-corrected chi connectivity index (χ0v) is 15.7. The van der Waals surface area contributed by atoms with E-state index in [-0.39, 0.29) is 0 Å². The number of carboxylic acid groups (broad SMARTS) is 1. The SMILES string of the molecule is COc1ccc(C=CC(=O)O)c(OCCOc2cc(C)c(Cl)c(C)c2)c1. The minimum absolute atomic E-state index is 0.293. The van der Waals surface area contributed by atoms with Crippen molar-refractivity contribution >= 4 is 23.6 Å². The van der Waals surface area contributed by atoms with Crippen molar-refractivity contribution in [3.05, 3.63) is 58.1 Å². The Kier molecular flexibility index (Phi) is 6.92. The standard InChI is InChI=1S/C20H21ClO5/c1-13-10-17(11-14(2)20(13)21)25-8-9-26-18-12-16(24-3)6-4-15(18)5-7-19(22)23/h4-7,10-12H,8-9H2,1-3H3,(H,22,23). The van der Waals surface area contributed by atoms with Crippen molar-refractivity contribution in [3.8, 4) is 17.2 Å². The van der Waals surface area contributed by atoms with Gasteiger partial charge in [0.1, 0.15) is 30.5 Å². The van der Waals surface area contributed by atoms with Gasteiger partial charge in [-0.2, -0.15) is 0 Å². The first-order valence-electron chi connectivity index (χ1n) is 8.02. The van der Waals surface area contributed by atoms with E-state index in [1.54, 1.807) is 25.3 Å². The predicted octanol–water partition coefficient (Wildman–Crippen LogP) is 4.52. The molecule has 2 aromatic rings. The highest BCUT2D eigenvalue weighted by atomic mass is 35.5. The number of hydrogen-bond acceptors (Lipinski definition) is 4. The first-order chi connectivity index (χ1) is 12.4. The van der Waals surface area contributed by atoms with Crippen molar-refractivity contribution in [2.75, 3.05) is 20.3 Å². The number of ether oxygens (including phenoxy) is 3. The molecule has 0 atom stereocenters. The molecule has 0 aliphatic carbocycles. The molecule has 138 valence electrons. The maximum Gasteiger partial charge on any atom is 0.328 e. The summed E-state index contributed by atoms with van der Waals surface area (Å²) in [7, 11) is 1.56. The van der Waals surface area contributed by atoms with Crippen molar-refractivity contribution in [3.63, 3.8) is 0 Å². The second-order valence-electron chi connectivity index (χ2n) is 5.64.